The molecule has 1 unspecified atom stereocenters. The molecule has 0 radical (unpaired) electrons. The Morgan fingerprint density at radius 3 is 1.72 bits per heavy atom. The van der Waals surface area contributed by atoms with Gasteiger partial charge in [0.15, 0.2) is 0 Å². The van der Waals surface area contributed by atoms with Crippen LogP contribution in [0.3, 0.4) is 0 Å². The van der Waals surface area contributed by atoms with Crippen molar-refractivity contribution in [1.29, 1.82) is 0 Å². The molecule has 0 saturated heterocycles. The molecule has 0 saturated carbocycles. The van der Waals surface area contributed by atoms with E-state index in [1.807, 2.05) is 27.7 Å². The summed E-state index contributed by atoms with van der Waals surface area (Å²) in [6.45, 7) is 17.2. The Morgan fingerprint density at radius 1 is 0.944 bits per heavy atom. The van der Waals surface area contributed by atoms with E-state index in [2.05, 4.69) is 40.1 Å². The molecule has 0 spiro atoms. The van der Waals surface area contributed by atoms with Gasteiger partial charge in [0.25, 0.3) is 0 Å². The quantitative estimate of drug-likeness (QED) is 0.561. The van der Waals surface area contributed by atoms with E-state index in [9.17, 15) is 0 Å². The van der Waals surface area contributed by atoms with Crippen LogP contribution in [0.2, 0.25) is 0 Å². The van der Waals surface area contributed by atoms with Gasteiger partial charge in [-0.15, -0.1) is 0 Å². The zero-order chi connectivity index (χ0) is 15.0. The monoisotopic (exact) mass is 259 g/mol. The Labute approximate surface area is 118 Å². The van der Waals surface area contributed by atoms with Gasteiger partial charge in [-0.3, -0.25) is 0 Å². The Bertz CT molecular complexity index is 126. The van der Waals surface area contributed by atoms with Crippen molar-refractivity contribution >= 4 is 0 Å². The number of rotatable bonds is 8. The van der Waals surface area contributed by atoms with Crippen LogP contribution in [-0.4, -0.2) is 12.6 Å². The average Bonchev–Trinajstić information content (AvgIpc) is 2.44. The zero-order valence-corrected chi connectivity index (χ0v) is 14.8. The number of hydrogen-bond donors (Lipinski definition) is 1. The van der Waals surface area contributed by atoms with E-state index < -0.39 is 0 Å². The first-order valence-electron chi connectivity index (χ1n) is 8.29. The molecule has 0 aliphatic carbocycles. The van der Waals surface area contributed by atoms with Gasteiger partial charge in [0.05, 0.1) is 0 Å². The van der Waals surface area contributed by atoms with Crippen molar-refractivity contribution in [2.24, 2.45) is 5.92 Å². The molecule has 114 valence electrons. The van der Waals surface area contributed by atoms with Crippen LogP contribution in [0.25, 0.3) is 0 Å². The third-order valence-electron chi connectivity index (χ3n) is 3.42. The second kappa shape index (κ2) is 17.0. The summed E-state index contributed by atoms with van der Waals surface area (Å²) in [5.74, 6) is 0.830. The van der Waals surface area contributed by atoms with Gasteiger partial charge < -0.3 is 5.32 Å². The van der Waals surface area contributed by atoms with Gasteiger partial charge in [0.1, 0.15) is 0 Å². The van der Waals surface area contributed by atoms with E-state index in [1.54, 1.807) is 0 Å². The molecule has 0 aliphatic heterocycles. The highest BCUT2D eigenvalue weighted by Crippen LogP contribution is 2.25. The number of unbranched alkanes of at least 4 members (excludes halogenated alkanes) is 1. The highest BCUT2D eigenvalue weighted by molar-refractivity contribution is 4.85. The molecule has 1 nitrogen and oxygen atoms in total. The summed E-state index contributed by atoms with van der Waals surface area (Å²) in [4.78, 5) is 0. The summed E-state index contributed by atoms with van der Waals surface area (Å²) in [6.07, 6.45) is 7.94. The predicted octanol–water partition coefficient (Wildman–Crippen LogP) is 6.03. The normalized spacial score (nSPS) is 13.0. The highest BCUT2D eigenvalue weighted by Gasteiger charge is 2.24. The molecule has 0 fully saturated rings. The van der Waals surface area contributed by atoms with E-state index in [1.165, 1.54) is 38.5 Å². The SMILES string of the molecule is CC.CC.CCCCC(CC)(CCC(C)C)NC. The van der Waals surface area contributed by atoms with Crippen molar-refractivity contribution in [2.45, 2.75) is 99.5 Å². The maximum absolute atomic E-state index is 3.56. The highest BCUT2D eigenvalue weighted by atomic mass is 14.9. The molecular formula is C17H41N. The van der Waals surface area contributed by atoms with E-state index in [4.69, 9.17) is 0 Å². The number of hydrogen-bond acceptors (Lipinski definition) is 1. The molecule has 0 aliphatic rings. The van der Waals surface area contributed by atoms with Crippen LogP contribution in [0.5, 0.6) is 0 Å². The second-order valence-corrected chi connectivity index (χ2v) is 4.92. The standard InChI is InChI=1S/C13H29N.2C2H6/c1-6-8-10-13(7-2,14-5)11-9-12(3)4;2*1-2/h12,14H,6-11H2,1-5H3;2*1-2H3. The van der Waals surface area contributed by atoms with Crippen LogP contribution in [0.1, 0.15) is 93.9 Å². The van der Waals surface area contributed by atoms with Crippen LogP contribution in [0.15, 0.2) is 0 Å². The van der Waals surface area contributed by atoms with Crippen molar-refractivity contribution in [1.82, 2.24) is 5.32 Å². The summed E-state index contributed by atoms with van der Waals surface area (Å²) in [5.41, 5.74) is 0.417. The predicted molar refractivity (Wildman–Crippen MR) is 88.4 cm³/mol. The fraction of sp³-hybridized carbons (Fsp3) is 1.00. The van der Waals surface area contributed by atoms with Crippen molar-refractivity contribution in [2.75, 3.05) is 7.05 Å². The summed E-state index contributed by atoms with van der Waals surface area (Å²) >= 11 is 0. The van der Waals surface area contributed by atoms with Crippen LogP contribution in [-0.2, 0) is 0 Å². The smallest absolute Gasteiger partial charge is 0.0176 e. The van der Waals surface area contributed by atoms with E-state index in [0.29, 0.717) is 5.54 Å². The summed E-state index contributed by atoms with van der Waals surface area (Å²) in [7, 11) is 2.12. The molecular weight excluding hydrogens is 218 g/mol. The van der Waals surface area contributed by atoms with E-state index >= 15 is 0 Å². The lowest BCUT2D eigenvalue weighted by molar-refractivity contribution is 0.263. The molecule has 1 atom stereocenters. The fourth-order valence-corrected chi connectivity index (χ4v) is 1.99. The van der Waals surface area contributed by atoms with Crippen LogP contribution < -0.4 is 5.32 Å². The molecule has 0 bridgehead atoms. The first kappa shape index (κ1) is 23.1. The Hall–Kier alpha value is -0.0400. The maximum Gasteiger partial charge on any atom is 0.0176 e. The van der Waals surface area contributed by atoms with Gasteiger partial charge in [-0.1, -0.05) is 68.2 Å². The third-order valence-corrected chi connectivity index (χ3v) is 3.42. The van der Waals surface area contributed by atoms with Gasteiger partial charge in [-0.05, 0) is 38.6 Å². The zero-order valence-electron chi connectivity index (χ0n) is 14.8. The maximum atomic E-state index is 3.56. The Balaban J connectivity index is -0.000000506. The van der Waals surface area contributed by atoms with Crippen LogP contribution >= 0.6 is 0 Å². The van der Waals surface area contributed by atoms with E-state index in [-0.39, 0.29) is 0 Å². The minimum atomic E-state index is 0.417. The minimum Gasteiger partial charge on any atom is -0.314 e. The molecule has 18 heavy (non-hydrogen) atoms. The minimum absolute atomic E-state index is 0.417. The molecule has 0 aromatic rings. The lowest BCUT2D eigenvalue weighted by Gasteiger charge is -2.33. The summed E-state index contributed by atoms with van der Waals surface area (Å²) in [6, 6.07) is 0. The molecule has 0 aromatic carbocycles. The van der Waals surface area contributed by atoms with Crippen LogP contribution in [0, 0.1) is 5.92 Å². The lowest BCUT2D eigenvalue weighted by atomic mass is 9.83. The lowest BCUT2D eigenvalue weighted by Crippen LogP contribution is -2.42. The van der Waals surface area contributed by atoms with Crippen molar-refractivity contribution in [3.05, 3.63) is 0 Å². The Morgan fingerprint density at radius 2 is 1.44 bits per heavy atom. The largest absolute Gasteiger partial charge is 0.314 e. The van der Waals surface area contributed by atoms with E-state index in [0.717, 1.165) is 5.92 Å². The molecule has 0 heterocycles. The Kier molecular flexibility index (Phi) is 21.7. The molecule has 1 N–H and O–H groups in total. The van der Waals surface area contributed by atoms with Crippen molar-refractivity contribution < 1.29 is 0 Å². The second-order valence-electron chi connectivity index (χ2n) is 4.92. The molecule has 0 aromatic heterocycles. The summed E-state index contributed by atoms with van der Waals surface area (Å²) < 4.78 is 0. The van der Waals surface area contributed by atoms with Crippen LogP contribution in [0.4, 0.5) is 0 Å². The fourth-order valence-electron chi connectivity index (χ4n) is 1.99. The summed E-state index contributed by atoms with van der Waals surface area (Å²) in [5, 5.41) is 3.56. The number of nitrogens with one attached hydrogen (secondary N) is 1. The first-order chi connectivity index (χ1) is 8.60. The average molecular weight is 260 g/mol. The van der Waals surface area contributed by atoms with Crippen molar-refractivity contribution in [3.63, 3.8) is 0 Å². The third kappa shape index (κ3) is 12.4. The van der Waals surface area contributed by atoms with Crippen molar-refractivity contribution in [3.8, 4) is 0 Å². The van der Waals surface area contributed by atoms with Gasteiger partial charge in [-0.25, -0.2) is 0 Å². The molecule has 0 rings (SSSR count). The first-order valence-corrected chi connectivity index (χ1v) is 8.29. The molecule has 0 amide bonds. The van der Waals surface area contributed by atoms with Gasteiger partial charge in [0, 0.05) is 5.54 Å². The van der Waals surface area contributed by atoms with Gasteiger partial charge in [-0.2, -0.15) is 0 Å². The topological polar surface area (TPSA) is 12.0 Å². The molecule has 1 heteroatoms. The van der Waals surface area contributed by atoms with Gasteiger partial charge in [0.2, 0.25) is 0 Å². The van der Waals surface area contributed by atoms with Gasteiger partial charge >= 0.3 is 0 Å².